The summed E-state index contributed by atoms with van der Waals surface area (Å²) < 4.78 is 11.9. The van der Waals surface area contributed by atoms with E-state index in [1.165, 1.54) is 6.42 Å². The Morgan fingerprint density at radius 3 is 2.67 bits per heavy atom. The van der Waals surface area contributed by atoms with E-state index in [0.29, 0.717) is 23.9 Å². The average molecular weight is 254 g/mol. The minimum absolute atomic E-state index is 0.304. The Morgan fingerprint density at radius 2 is 2.06 bits per heavy atom. The van der Waals surface area contributed by atoms with Gasteiger partial charge in [0, 0.05) is 5.92 Å². The van der Waals surface area contributed by atoms with E-state index >= 15 is 0 Å². The quantitative estimate of drug-likeness (QED) is 0.823. The van der Waals surface area contributed by atoms with Crippen LogP contribution in [0.1, 0.15) is 47.0 Å². The Bertz CT molecular complexity index is 337. The fraction of sp³-hybridized carbons (Fsp3) is 1.00. The third-order valence-corrected chi connectivity index (χ3v) is 6.02. The second kappa shape index (κ2) is 3.94. The fourth-order valence-electron chi connectivity index (χ4n) is 4.17. The van der Waals surface area contributed by atoms with Crippen LogP contribution in [0.15, 0.2) is 0 Å². The van der Waals surface area contributed by atoms with Gasteiger partial charge in [-0.3, -0.25) is 0 Å². The van der Waals surface area contributed by atoms with Gasteiger partial charge < -0.3 is 14.6 Å². The monoisotopic (exact) mass is 254 g/mol. The molecule has 4 aliphatic rings. The van der Waals surface area contributed by atoms with E-state index in [4.69, 9.17) is 9.47 Å². The van der Waals surface area contributed by atoms with Crippen LogP contribution in [0.5, 0.6) is 0 Å². The van der Waals surface area contributed by atoms with E-state index < -0.39 is 11.9 Å². The van der Waals surface area contributed by atoms with Crippen LogP contribution in [0.3, 0.4) is 0 Å². The molecule has 3 saturated carbocycles. The molecule has 4 rings (SSSR count). The summed E-state index contributed by atoms with van der Waals surface area (Å²) in [7, 11) is 0. The molecular formula is C15H26O3. The van der Waals surface area contributed by atoms with Crippen LogP contribution in [-0.2, 0) is 9.47 Å². The standard InChI is InChI=1S/C15H26O3/c1-5-15(4,16)13-17-8-10-11-6-9(14(11,2)3)7-12(10)18-13/h9-13,16H,5-8H2,1-4H3/t9-,10+,11+,12+,13-,15-/m1/s1. The van der Waals surface area contributed by atoms with E-state index in [2.05, 4.69) is 13.8 Å². The smallest absolute Gasteiger partial charge is 0.186 e. The van der Waals surface area contributed by atoms with Crippen LogP contribution in [0, 0.1) is 23.2 Å². The highest BCUT2D eigenvalue weighted by molar-refractivity contribution is 5.07. The molecule has 0 aromatic carbocycles. The third-order valence-electron chi connectivity index (χ3n) is 6.02. The highest BCUT2D eigenvalue weighted by Crippen LogP contribution is 2.62. The molecule has 3 heteroatoms. The van der Waals surface area contributed by atoms with Crippen molar-refractivity contribution in [3.05, 3.63) is 0 Å². The summed E-state index contributed by atoms with van der Waals surface area (Å²) in [5.41, 5.74) is -0.393. The highest BCUT2D eigenvalue weighted by atomic mass is 16.7. The van der Waals surface area contributed by atoms with Crippen molar-refractivity contribution in [3.63, 3.8) is 0 Å². The van der Waals surface area contributed by atoms with Gasteiger partial charge in [0.15, 0.2) is 6.29 Å². The van der Waals surface area contributed by atoms with Crippen molar-refractivity contribution in [2.75, 3.05) is 6.61 Å². The van der Waals surface area contributed by atoms with E-state index in [1.54, 1.807) is 0 Å². The second-order valence-corrected chi connectivity index (χ2v) is 7.31. The molecule has 104 valence electrons. The van der Waals surface area contributed by atoms with E-state index in [-0.39, 0.29) is 0 Å². The number of hydrogen-bond acceptors (Lipinski definition) is 3. The summed E-state index contributed by atoms with van der Waals surface area (Å²) in [6.45, 7) is 9.31. The molecule has 0 spiro atoms. The Balaban J connectivity index is 1.71. The first-order valence-electron chi connectivity index (χ1n) is 7.35. The van der Waals surface area contributed by atoms with Crippen molar-refractivity contribution < 1.29 is 14.6 Å². The summed E-state index contributed by atoms with van der Waals surface area (Å²) in [4.78, 5) is 0. The van der Waals surface area contributed by atoms with Gasteiger partial charge in [-0.2, -0.15) is 0 Å². The summed E-state index contributed by atoms with van der Waals surface area (Å²) in [5, 5.41) is 10.3. The first kappa shape index (κ1) is 12.9. The van der Waals surface area contributed by atoms with Gasteiger partial charge in [-0.1, -0.05) is 20.8 Å². The topological polar surface area (TPSA) is 38.7 Å². The Kier molecular flexibility index (Phi) is 2.82. The number of ether oxygens (including phenoxy) is 2. The molecule has 1 N–H and O–H groups in total. The molecule has 3 nitrogen and oxygen atoms in total. The molecule has 1 saturated heterocycles. The van der Waals surface area contributed by atoms with Crippen molar-refractivity contribution in [1.29, 1.82) is 0 Å². The molecule has 4 fully saturated rings. The lowest BCUT2D eigenvalue weighted by Crippen LogP contribution is -2.63. The summed E-state index contributed by atoms with van der Waals surface area (Å²) in [5.74, 6) is 2.08. The summed E-state index contributed by atoms with van der Waals surface area (Å²) >= 11 is 0. The number of aliphatic hydroxyl groups is 1. The van der Waals surface area contributed by atoms with Crippen molar-refractivity contribution in [2.45, 2.75) is 65.0 Å². The molecule has 0 aromatic rings. The van der Waals surface area contributed by atoms with Crippen LogP contribution in [-0.4, -0.2) is 29.7 Å². The lowest BCUT2D eigenvalue weighted by atomic mass is 9.45. The third kappa shape index (κ3) is 1.67. The molecule has 1 heterocycles. The zero-order valence-electron chi connectivity index (χ0n) is 12.0. The molecule has 0 amide bonds. The van der Waals surface area contributed by atoms with E-state index in [0.717, 1.165) is 24.9 Å². The molecule has 3 aliphatic carbocycles. The molecule has 2 bridgehead atoms. The summed E-state index contributed by atoms with van der Waals surface area (Å²) in [6, 6.07) is 0. The Morgan fingerprint density at radius 1 is 1.33 bits per heavy atom. The van der Waals surface area contributed by atoms with Crippen molar-refractivity contribution in [2.24, 2.45) is 23.2 Å². The van der Waals surface area contributed by atoms with Crippen LogP contribution in [0.4, 0.5) is 0 Å². The first-order valence-corrected chi connectivity index (χ1v) is 7.35. The van der Waals surface area contributed by atoms with Gasteiger partial charge in [-0.15, -0.1) is 0 Å². The normalized spacial score (nSPS) is 48.8. The highest BCUT2D eigenvalue weighted by Gasteiger charge is 2.60. The molecule has 0 aromatic heterocycles. The number of rotatable bonds is 2. The SMILES string of the molecule is CC[C@@](C)(O)[C@@H]1OC[C@@H]2[C@H](C[C@H]3C[C@@H]2C3(C)C)O1. The lowest BCUT2D eigenvalue weighted by molar-refractivity contribution is -0.334. The van der Waals surface area contributed by atoms with Crippen LogP contribution >= 0.6 is 0 Å². The van der Waals surface area contributed by atoms with Crippen molar-refractivity contribution in [3.8, 4) is 0 Å². The second-order valence-electron chi connectivity index (χ2n) is 7.31. The first-order chi connectivity index (χ1) is 8.36. The maximum absolute atomic E-state index is 10.3. The maximum atomic E-state index is 10.3. The minimum atomic E-state index is -0.859. The minimum Gasteiger partial charge on any atom is -0.385 e. The lowest BCUT2D eigenvalue weighted by Gasteiger charge is -2.64. The zero-order chi connectivity index (χ0) is 13.1. The van der Waals surface area contributed by atoms with Gasteiger partial charge in [0.25, 0.3) is 0 Å². The zero-order valence-corrected chi connectivity index (χ0v) is 12.0. The van der Waals surface area contributed by atoms with Gasteiger partial charge in [0.05, 0.1) is 12.7 Å². The van der Waals surface area contributed by atoms with Crippen LogP contribution in [0.2, 0.25) is 0 Å². The van der Waals surface area contributed by atoms with Gasteiger partial charge in [-0.05, 0) is 43.4 Å². The fourth-order valence-corrected chi connectivity index (χ4v) is 4.17. The van der Waals surface area contributed by atoms with Crippen LogP contribution < -0.4 is 0 Å². The maximum Gasteiger partial charge on any atom is 0.186 e. The van der Waals surface area contributed by atoms with Crippen LogP contribution in [0.25, 0.3) is 0 Å². The molecule has 6 atom stereocenters. The largest absolute Gasteiger partial charge is 0.385 e. The predicted molar refractivity (Wildman–Crippen MR) is 69.0 cm³/mol. The molecule has 0 radical (unpaired) electrons. The predicted octanol–water partition coefficient (Wildman–Crippen LogP) is 2.57. The van der Waals surface area contributed by atoms with E-state index in [9.17, 15) is 5.11 Å². The molecular weight excluding hydrogens is 228 g/mol. The molecule has 18 heavy (non-hydrogen) atoms. The molecule has 0 unspecified atom stereocenters. The van der Waals surface area contributed by atoms with Gasteiger partial charge in [-0.25, -0.2) is 0 Å². The van der Waals surface area contributed by atoms with Gasteiger partial charge >= 0.3 is 0 Å². The van der Waals surface area contributed by atoms with Gasteiger partial charge in [0.1, 0.15) is 5.60 Å². The average Bonchev–Trinajstić information content (AvgIpc) is 2.37. The van der Waals surface area contributed by atoms with Gasteiger partial charge in [0.2, 0.25) is 0 Å². The van der Waals surface area contributed by atoms with Crippen molar-refractivity contribution >= 4 is 0 Å². The van der Waals surface area contributed by atoms with E-state index in [1.807, 2.05) is 13.8 Å². The molecule has 1 aliphatic heterocycles. The Labute approximate surface area is 110 Å². The summed E-state index contributed by atoms with van der Waals surface area (Å²) in [6.07, 6.45) is 3.01. The Hall–Kier alpha value is -0.120. The van der Waals surface area contributed by atoms with Crippen molar-refractivity contribution in [1.82, 2.24) is 0 Å². The number of hydrogen-bond donors (Lipinski definition) is 1.